The molecule has 0 atom stereocenters. The molecule has 0 aromatic heterocycles. The van der Waals surface area contributed by atoms with Crippen molar-refractivity contribution in [3.05, 3.63) is 58.7 Å². The third-order valence-electron chi connectivity index (χ3n) is 6.17. The maximum absolute atomic E-state index is 11.5. The highest BCUT2D eigenvalue weighted by atomic mass is 16.1. The predicted molar refractivity (Wildman–Crippen MR) is 156 cm³/mol. The third-order valence-corrected chi connectivity index (χ3v) is 6.17. The maximum atomic E-state index is 11.5. The van der Waals surface area contributed by atoms with Crippen LogP contribution in [0.5, 0.6) is 0 Å². The normalized spacial score (nSPS) is 12.6. The lowest BCUT2D eigenvalue weighted by atomic mass is 9.96. The maximum Gasteiger partial charge on any atom is 0.231 e. The number of primary amides is 1. The number of likely N-dealkylation sites (N-methyl/N-ethyl adjacent to an activating group) is 1. The van der Waals surface area contributed by atoms with Gasteiger partial charge in [-0.05, 0) is 75.3 Å². The minimum absolute atomic E-state index is 0.163. The summed E-state index contributed by atoms with van der Waals surface area (Å²) in [7, 11) is 3.98. The van der Waals surface area contributed by atoms with Crippen LogP contribution in [0.2, 0.25) is 0 Å². The second kappa shape index (κ2) is 15.6. The molecular formula is C30H41N5O3. The highest BCUT2D eigenvalue weighted by Gasteiger charge is 2.12. The zero-order chi connectivity index (χ0) is 28.1. The molecule has 1 aliphatic rings. The van der Waals surface area contributed by atoms with Gasteiger partial charge in [0.15, 0.2) is 0 Å². The number of rotatable bonds is 12. The van der Waals surface area contributed by atoms with Gasteiger partial charge in [0.2, 0.25) is 5.91 Å². The fraction of sp³-hybridized carbons (Fsp3) is 0.400. The Morgan fingerprint density at radius 2 is 1.61 bits per heavy atom. The summed E-state index contributed by atoms with van der Waals surface area (Å²) in [6.45, 7) is 7.67. The predicted octanol–water partition coefficient (Wildman–Crippen LogP) is 3.84. The van der Waals surface area contributed by atoms with Crippen LogP contribution in [-0.2, 0) is 16.0 Å². The van der Waals surface area contributed by atoms with Crippen molar-refractivity contribution in [1.82, 2.24) is 9.80 Å². The fourth-order valence-electron chi connectivity index (χ4n) is 4.32. The van der Waals surface area contributed by atoms with E-state index in [1.807, 2.05) is 42.3 Å². The number of amides is 1. The summed E-state index contributed by atoms with van der Waals surface area (Å²) in [6.07, 6.45) is 6.90. The number of carbonyl (C=O) groups excluding carboxylic acids is 3. The van der Waals surface area contributed by atoms with Gasteiger partial charge >= 0.3 is 0 Å². The van der Waals surface area contributed by atoms with Gasteiger partial charge in [0.05, 0.1) is 12.2 Å². The number of nitrogens with two attached hydrogens (primary N) is 2. The highest BCUT2D eigenvalue weighted by Crippen LogP contribution is 2.32. The smallest absolute Gasteiger partial charge is 0.231 e. The van der Waals surface area contributed by atoms with Gasteiger partial charge in [-0.25, -0.2) is 4.99 Å². The van der Waals surface area contributed by atoms with E-state index in [2.05, 4.69) is 30.8 Å². The Morgan fingerprint density at radius 1 is 0.947 bits per heavy atom. The van der Waals surface area contributed by atoms with Crippen LogP contribution in [0.1, 0.15) is 54.6 Å². The van der Waals surface area contributed by atoms with Crippen molar-refractivity contribution in [1.29, 1.82) is 0 Å². The lowest BCUT2D eigenvalue weighted by Gasteiger charge is -2.16. The van der Waals surface area contributed by atoms with E-state index in [1.54, 1.807) is 12.1 Å². The number of aliphatic imine (C=N–C) groups is 1. The molecule has 3 rings (SSSR count). The van der Waals surface area contributed by atoms with Gasteiger partial charge in [0, 0.05) is 29.7 Å². The van der Waals surface area contributed by atoms with E-state index >= 15 is 0 Å². The van der Waals surface area contributed by atoms with Crippen molar-refractivity contribution in [2.75, 3.05) is 40.3 Å². The van der Waals surface area contributed by atoms with Crippen LogP contribution < -0.4 is 11.5 Å². The Kier molecular flexibility index (Phi) is 12.6. The summed E-state index contributed by atoms with van der Waals surface area (Å²) in [5.41, 5.74) is 16.7. The summed E-state index contributed by atoms with van der Waals surface area (Å²) in [4.78, 5) is 42.3. The summed E-state index contributed by atoms with van der Waals surface area (Å²) in [5.74, 6) is -0.00261. The number of amidine groups is 1. The van der Waals surface area contributed by atoms with E-state index < -0.39 is 5.91 Å². The molecule has 0 radical (unpaired) electrons. The van der Waals surface area contributed by atoms with Crippen molar-refractivity contribution >= 4 is 36.1 Å². The molecule has 8 nitrogen and oxygen atoms in total. The minimum Gasteiger partial charge on any atom is -0.387 e. The van der Waals surface area contributed by atoms with Crippen LogP contribution in [0.15, 0.2) is 47.0 Å². The van der Waals surface area contributed by atoms with E-state index in [0.717, 1.165) is 34.8 Å². The number of fused-ring (bicyclic) bond motifs is 1. The Bertz CT molecular complexity index is 1170. The van der Waals surface area contributed by atoms with Gasteiger partial charge in [-0.2, -0.15) is 0 Å². The second-order valence-electron chi connectivity index (χ2n) is 9.68. The van der Waals surface area contributed by atoms with Crippen molar-refractivity contribution in [3.63, 3.8) is 0 Å². The van der Waals surface area contributed by atoms with E-state index in [9.17, 15) is 14.4 Å². The Balaban J connectivity index is 0.000000550. The number of aldehydes is 2. The molecule has 0 spiro atoms. The lowest BCUT2D eigenvalue weighted by Crippen LogP contribution is -2.32. The molecule has 204 valence electrons. The van der Waals surface area contributed by atoms with Gasteiger partial charge in [-0.3, -0.25) is 19.3 Å². The molecule has 0 fully saturated rings. The van der Waals surface area contributed by atoms with Crippen LogP contribution in [0.4, 0.5) is 5.69 Å². The van der Waals surface area contributed by atoms with Crippen LogP contribution in [0, 0.1) is 0 Å². The number of hydrogen-bond donors (Lipinski definition) is 2. The molecular weight excluding hydrogens is 478 g/mol. The number of carbonyl (C=O) groups is 3. The van der Waals surface area contributed by atoms with E-state index in [-0.39, 0.29) is 6.54 Å². The lowest BCUT2D eigenvalue weighted by molar-refractivity contribution is -0.118. The monoisotopic (exact) mass is 519 g/mol. The van der Waals surface area contributed by atoms with Crippen LogP contribution in [-0.4, -0.2) is 74.4 Å². The molecule has 2 aromatic carbocycles. The van der Waals surface area contributed by atoms with Crippen molar-refractivity contribution in [3.8, 4) is 11.1 Å². The van der Waals surface area contributed by atoms with Crippen LogP contribution >= 0.6 is 0 Å². The quantitative estimate of drug-likeness (QED) is 0.411. The molecule has 0 aliphatic carbocycles. The molecule has 0 unspecified atom stereocenters. The molecule has 1 heterocycles. The summed E-state index contributed by atoms with van der Waals surface area (Å²) in [6, 6.07) is 11.4. The first-order valence-electron chi connectivity index (χ1n) is 13.1. The first-order chi connectivity index (χ1) is 18.2. The van der Waals surface area contributed by atoms with Gasteiger partial charge in [0.1, 0.15) is 18.4 Å². The minimum atomic E-state index is -0.390. The molecule has 0 bridgehead atoms. The molecule has 2 aromatic rings. The van der Waals surface area contributed by atoms with Gasteiger partial charge < -0.3 is 16.4 Å². The Hall–Kier alpha value is -3.62. The number of benzene rings is 2. The molecule has 38 heavy (non-hydrogen) atoms. The third kappa shape index (κ3) is 9.68. The molecule has 0 saturated carbocycles. The molecule has 0 saturated heterocycles. The fourth-order valence-corrected chi connectivity index (χ4v) is 4.32. The highest BCUT2D eigenvalue weighted by molar-refractivity contribution is 5.98. The topological polar surface area (TPSA) is 122 Å². The van der Waals surface area contributed by atoms with Crippen molar-refractivity contribution in [2.45, 2.75) is 39.5 Å². The Morgan fingerprint density at radius 3 is 2.21 bits per heavy atom. The SMILES string of the molecule is CCCN(C)CCC.CN(CCc1cc(-c2ccc3c(c2)N=C(N)CC(C=O)=C3)ccc1C=O)CC(N)=O. The standard InChI is InChI=1S/C23H24N4O3.C7H17N/c1-27(12-23(25)30)7-6-18-10-16(3-5-20(18)14-29)17-2-4-19-8-15(13-28)9-22(24)26-21(19)11-17;1-4-6-8(3)7-5-2/h2-5,8,10-11,13-14H,6-7,9,12H2,1H3,(H2,24,26)(H2,25,30);4-7H2,1-3H3. The van der Waals surface area contributed by atoms with Gasteiger partial charge in [-0.1, -0.05) is 44.2 Å². The summed E-state index contributed by atoms with van der Waals surface area (Å²) >= 11 is 0. The zero-order valence-corrected chi connectivity index (χ0v) is 23.1. The number of nitrogens with zero attached hydrogens (tertiary/aromatic N) is 3. The van der Waals surface area contributed by atoms with Gasteiger partial charge in [-0.15, -0.1) is 0 Å². The molecule has 8 heteroatoms. The zero-order valence-electron chi connectivity index (χ0n) is 23.1. The summed E-state index contributed by atoms with van der Waals surface area (Å²) in [5, 5.41) is 0. The van der Waals surface area contributed by atoms with E-state index in [0.29, 0.717) is 42.0 Å². The second-order valence-corrected chi connectivity index (χ2v) is 9.68. The first kappa shape index (κ1) is 30.6. The average molecular weight is 520 g/mol. The number of hydrogen-bond acceptors (Lipinski definition) is 7. The first-order valence-corrected chi connectivity index (χ1v) is 13.1. The van der Waals surface area contributed by atoms with E-state index in [4.69, 9.17) is 11.5 Å². The van der Waals surface area contributed by atoms with Crippen molar-refractivity contribution in [2.24, 2.45) is 16.5 Å². The average Bonchev–Trinajstić information content (AvgIpc) is 3.04. The molecule has 4 N–H and O–H groups in total. The van der Waals surface area contributed by atoms with Gasteiger partial charge in [0.25, 0.3) is 0 Å². The molecule has 1 aliphatic heterocycles. The van der Waals surface area contributed by atoms with Crippen LogP contribution in [0.3, 0.4) is 0 Å². The van der Waals surface area contributed by atoms with Crippen LogP contribution in [0.25, 0.3) is 17.2 Å². The Labute approximate surface area is 226 Å². The molecule has 1 amide bonds. The largest absolute Gasteiger partial charge is 0.387 e. The van der Waals surface area contributed by atoms with E-state index in [1.165, 1.54) is 25.9 Å². The van der Waals surface area contributed by atoms with Crippen molar-refractivity contribution < 1.29 is 14.4 Å². The summed E-state index contributed by atoms with van der Waals surface area (Å²) < 4.78 is 0.